The highest BCUT2D eigenvalue weighted by Gasteiger charge is 2.21. The predicted octanol–water partition coefficient (Wildman–Crippen LogP) is 5.68. The highest BCUT2D eigenvalue weighted by Crippen LogP contribution is 2.24. The van der Waals surface area contributed by atoms with Crippen LogP contribution < -0.4 is 5.32 Å². The molecule has 5 nitrogen and oxygen atoms in total. The molecule has 4 rings (SSSR count). The smallest absolute Gasteiger partial charge is 0.173 e. The Morgan fingerprint density at radius 1 is 0.909 bits per heavy atom. The van der Waals surface area contributed by atoms with Gasteiger partial charge in [-0.25, -0.2) is 0 Å². The van der Waals surface area contributed by atoms with E-state index in [0.29, 0.717) is 10.0 Å². The minimum absolute atomic E-state index is 0.592. The number of halogens is 2. The number of rotatable bonds is 5. The second-order valence-electron chi connectivity index (χ2n) is 8.63. The van der Waals surface area contributed by atoms with Crippen molar-refractivity contribution in [1.82, 2.24) is 19.6 Å². The first kappa shape index (κ1) is 24.0. The van der Waals surface area contributed by atoms with E-state index in [-0.39, 0.29) is 0 Å². The van der Waals surface area contributed by atoms with Gasteiger partial charge < -0.3 is 10.2 Å². The summed E-state index contributed by atoms with van der Waals surface area (Å²) in [6, 6.07) is 14.4. The number of hydrogen-bond acceptors (Lipinski definition) is 3. The predicted molar refractivity (Wildman–Crippen MR) is 142 cm³/mol. The summed E-state index contributed by atoms with van der Waals surface area (Å²) >= 11 is 18.0. The van der Waals surface area contributed by atoms with Crippen LogP contribution in [-0.2, 0) is 13.1 Å². The van der Waals surface area contributed by atoms with Gasteiger partial charge in [0.1, 0.15) is 0 Å². The summed E-state index contributed by atoms with van der Waals surface area (Å²) in [5, 5.41) is 10.2. The summed E-state index contributed by atoms with van der Waals surface area (Å²) in [5.41, 5.74) is 6.72. The molecule has 0 aliphatic carbocycles. The normalized spacial score (nSPS) is 14.5. The number of aryl methyl sites for hydroxylation is 2. The van der Waals surface area contributed by atoms with Crippen LogP contribution in [0.2, 0.25) is 10.0 Å². The van der Waals surface area contributed by atoms with E-state index >= 15 is 0 Å². The van der Waals surface area contributed by atoms with E-state index < -0.39 is 0 Å². The fourth-order valence-corrected chi connectivity index (χ4v) is 4.69. The van der Waals surface area contributed by atoms with Crippen LogP contribution in [0.5, 0.6) is 0 Å². The highest BCUT2D eigenvalue weighted by atomic mass is 35.5. The van der Waals surface area contributed by atoms with Gasteiger partial charge in [-0.05, 0) is 56.2 Å². The second kappa shape index (κ2) is 10.4. The lowest BCUT2D eigenvalue weighted by Crippen LogP contribution is -2.49. The Balaban J connectivity index is 1.33. The molecular weight excluding hydrogens is 473 g/mol. The maximum absolute atomic E-state index is 6.16. The molecule has 2 heterocycles. The van der Waals surface area contributed by atoms with Crippen molar-refractivity contribution in [2.24, 2.45) is 0 Å². The monoisotopic (exact) mass is 501 g/mol. The summed E-state index contributed by atoms with van der Waals surface area (Å²) in [4.78, 5) is 4.64. The first-order chi connectivity index (χ1) is 15.8. The molecule has 0 spiro atoms. The standard InChI is InChI=1S/C25H29Cl2N5S/c1-17-4-6-20(7-5-17)16-32-19(3)24(18(2)29-32)28-25(33)31-12-10-30(11-13-31)15-21-8-9-22(26)23(27)14-21/h4-9,14H,10-13,15-16H2,1-3H3,(H,28,33). The molecule has 0 amide bonds. The fraction of sp³-hybridized carbons (Fsp3) is 0.360. The Labute approximate surface area is 211 Å². The topological polar surface area (TPSA) is 36.3 Å². The molecule has 1 N–H and O–H groups in total. The maximum atomic E-state index is 6.16. The molecule has 0 radical (unpaired) electrons. The van der Waals surface area contributed by atoms with Gasteiger partial charge in [0.05, 0.1) is 33.7 Å². The number of nitrogens with one attached hydrogen (secondary N) is 1. The molecule has 0 atom stereocenters. The molecule has 0 saturated carbocycles. The van der Waals surface area contributed by atoms with Crippen molar-refractivity contribution in [3.8, 4) is 0 Å². The SMILES string of the molecule is Cc1ccc(Cn2nc(C)c(NC(=S)N3CCN(Cc4ccc(Cl)c(Cl)c4)CC3)c2C)cc1. The van der Waals surface area contributed by atoms with Crippen molar-refractivity contribution in [3.63, 3.8) is 0 Å². The quantitative estimate of drug-likeness (QED) is 0.455. The number of piperazine rings is 1. The molecule has 1 aliphatic heterocycles. The van der Waals surface area contributed by atoms with Gasteiger partial charge in [0.2, 0.25) is 0 Å². The molecule has 1 fully saturated rings. The third-order valence-corrected chi connectivity index (χ3v) is 7.22. The van der Waals surface area contributed by atoms with Crippen LogP contribution in [0.1, 0.15) is 28.1 Å². The molecule has 174 valence electrons. The Hall–Kier alpha value is -2.12. The Morgan fingerprint density at radius 3 is 2.24 bits per heavy atom. The third kappa shape index (κ3) is 5.87. The summed E-state index contributed by atoms with van der Waals surface area (Å²) < 4.78 is 2.04. The number of anilines is 1. The first-order valence-corrected chi connectivity index (χ1v) is 12.3. The number of thiocarbonyl (C=S) groups is 1. The lowest BCUT2D eigenvalue weighted by atomic mass is 10.1. The van der Waals surface area contributed by atoms with Gasteiger partial charge in [-0.3, -0.25) is 9.58 Å². The molecule has 3 aromatic rings. The van der Waals surface area contributed by atoms with Gasteiger partial charge in [-0.1, -0.05) is 59.1 Å². The zero-order valence-corrected chi connectivity index (χ0v) is 21.6. The average molecular weight is 503 g/mol. The number of hydrogen-bond donors (Lipinski definition) is 1. The largest absolute Gasteiger partial charge is 0.346 e. The van der Waals surface area contributed by atoms with Crippen molar-refractivity contribution in [1.29, 1.82) is 0 Å². The zero-order valence-electron chi connectivity index (χ0n) is 19.2. The zero-order chi connectivity index (χ0) is 23.5. The van der Waals surface area contributed by atoms with Gasteiger partial charge in [0, 0.05) is 32.7 Å². The Kier molecular flexibility index (Phi) is 7.59. The van der Waals surface area contributed by atoms with E-state index in [2.05, 4.69) is 53.2 Å². The van der Waals surface area contributed by atoms with Crippen LogP contribution in [0.4, 0.5) is 5.69 Å². The Morgan fingerprint density at radius 2 is 1.58 bits per heavy atom. The van der Waals surface area contributed by atoms with Crippen LogP contribution in [-0.4, -0.2) is 50.9 Å². The van der Waals surface area contributed by atoms with Gasteiger partial charge >= 0.3 is 0 Å². The van der Waals surface area contributed by atoms with Crippen LogP contribution in [0, 0.1) is 20.8 Å². The molecule has 33 heavy (non-hydrogen) atoms. The van der Waals surface area contributed by atoms with E-state index in [9.17, 15) is 0 Å². The summed E-state index contributed by atoms with van der Waals surface area (Å²) in [6.07, 6.45) is 0. The second-order valence-corrected chi connectivity index (χ2v) is 9.83. The lowest BCUT2D eigenvalue weighted by Gasteiger charge is -2.36. The van der Waals surface area contributed by atoms with Crippen molar-refractivity contribution < 1.29 is 0 Å². The molecule has 2 aromatic carbocycles. The minimum atomic E-state index is 0.592. The van der Waals surface area contributed by atoms with Crippen molar-refractivity contribution in [2.75, 3.05) is 31.5 Å². The van der Waals surface area contributed by atoms with Gasteiger partial charge in [0.15, 0.2) is 5.11 Å². The van der Waals surface area contributed by atoms with Crippen molar-refractivity contribution >= 4 is 46.2 Å². The van der Waals surface area contributed by atoms with Crippen LogP contribution in [0.15, 0.2) is 42.5 Å². The summed E-state index contributed by atoms with van der Waals surface area (Å²) in [7, 11) is 0. The molecule has 0 unspecified atom stereocenters. The van der Waals surface area contributed by atoms with E-state index in [0.717, 1.165) is 61.5 Å². The molecule has 8 heteroatoms. The summed E-state index contributed by atoms with van der Waals surface area (Å²) in [6.45, 7) is 11.4. The van der Waals surface area contributed by atoms with Crippen LogP contribution in [0.25, 0.3) is 0 Å². The van der Waals surface area contributed by atoms with E-state index in [4.69, 9.17) is 40.5 Å². The lowest BCUT2D eigenvalue weighted by molar-refractivity contribution is 0.177. The van der Waals surface area contributed by atoms with Crippen molar-refractivity contribution in [2.45, 2.75) is 33.9 Å². The van der Waals surface area contributed by atoms with E-state index in [1.165, 1.54) is 16.7 Å². The summed E-state index contributed by atoms with van der Waals surface area (Å²) in [5.74, 6) is 0. The number of nitrogens with zero attached hydrogens (tertiary/aromatic N) is 4. The molecular formula is C25H29Cl2N5S. The minimum Gasteiger partial charge on any atom is -0.346 e. The van der Waals surface area contributed by atoms with Gasteiger partial charge in [0.25, 0.3) is 0 Å². The first-order valence-electron chi connectivity index (χ1n) is 11.1. The van der Waals surface area contributed by atoms with Gasteiger partial charge in [-0.15, -0.1) is 0 Å². The average Bonchev–Trinajstić information content (AvgIpc) is 3.05. The third-order valence-electron chi connectivity index (χ3n) is 6.12. The van der Waals surface area contributed by atoms with Crippen molar-refractivity contribution in [3.05, 3.63) is 80.6 Å². The molecule has 1 aromatic heterocycles. The maximum Gasteiger partial charge on any atom is 0.173 e. The molecule has 0 bridgehead atoms. The highest BCUT2D eigenvalue weighted by molar-refractivity contribution is 7.80. The van der Waals surface area contributed by atoms with E-state index in [1.54, 1.807) is 0 Å². The Bertz CT molecular complexity index is 1130. The van der Waals surface area contributed by atoms with Gasteiger partial charge in [-0.2, -0.15) is 5.10 Å². The fourth-order valence-electron chi connectivity index (χ4n) is 4.09. The molecule has 1 saturated heterocycles. The number of benzene rings is 2. The van der Waals surface area contributed by atoms with Crippen LogP contribution in [0.3, 0.4) is 0 Å². The molecule has 1 aliphatic rings. The van der Waals surface area contributed by atoms with Crippen LogP contribution >= 0.6 is 35.4 Å². The number of aromatic nitrogens is 2. The van der Waals surface area contributed by atoms with E-state index in [1.807, 2.05) is 29.8 Å².